The van der Waals surface area contributed by atoms with Gasteiger partial charge < -0.3 is 15.1 Å². The van der Waals surface area contributed by atoms with E-state index in [4.69, 9.17) is 4.98 Å². The van der Waals surface area contributed by atoms with Crippen molar-refractivity contribution in [1.29, 1.82) is 5.26 Å². The number of anilines is 2. The van der Waals surface area contributed by atoms with Crippen LogP contribution < -0.4 is 10.2 Å². The molecule has 1 fully saturated rings. The third-order valence-corrected chi connectivity index (χ3v) is 6.06. The van der Waals surface area contributed by atoms with Crippen LogP contribution in [-0.4, -0.2) is 53.3 Å². The number of benzene rings is 1. The normalized spacial score (nSPS) is 16.3. The molecule has 1 saturated heterocycles. The number of aryl methyl sites for hydroxylation is 1. The topological polar surface area (TPSA) is 81.0 Å². The Hall–Kier alpha value is -3.24. The van der Waals surface area contributed by atoms with Gasteiger partial charge in [0.15, 0.2) is 5.82 Å². The third kappa shape index (κ3) is 3.79. The lowest BCUT2D eigenvalue weighted by Gasteiger charge is -2.21. The Kier molecular flexibility index (Phi) is 5.51. The number of nitrogens with one attached hydrogen (secondary N) is 1. The molecule has 1 aliphatic rings. The Bertz CT molecular complexity index is 1120. The summed E-state index contributed by atoms with van der Waals surface area (Å²) in [4.78, 5) is 9.33. The van der Waals surface area contributed by atoms with Gasteiger partial charge in [-0.25, -0.2) is 4.98 Å². The first-order chi connectivity index (χ1) is 14.5. The van der Waals surface area contributed by atoms with Gasteiger partial charge in [-0.1, -0.05) is 12.1 Å². The summed E-state index contributed by atoms with van der Waals surface area (Å²) in [5.41, 5.74) is 3.63. The predicted molar refractivity (Wildman–Crippen MR) is 120 cm³/mol. The fourth-order valence-electron chi connectivity index (χ4n) is 4.01. The first-order valence-corrected chi connectivity index (χ1v) is 10.2. The second kappa shape index (κ2) is 8.25. The number of rotatable bonds is 5. The van der Waals surface area contributed by atoms with Crippen LogP contribution in [0.25, 0.3) is 10.8 Å². The molecule has 0 bridgehead atoms. The molecule has 0 saturated carbocycles. The Morgan fingerprint density at radius 2 is 2.07 bits per heavy atom. The zero-order valence-electron chi connectivity index (χ0n) is 18.0. The summed E-state index contributed by atoms with van der Waals surface area (Å²) in [6.07, 6.45) is 3.05. The smallest absolute Gasteiger partial charge is 0.157 e. The number of fused-ring (bicyclic) bond motifs is 1. The molecule has 1 unspecified atom stereocenters. The van der Waals surface area contributed by atoms with Gasteiger partial charge in [-0.2, -0.15) is 10.4 Å². The van der Waals surface area contributed by atoms with E-state index in [0.717, 1.165) is 58.7 Å². The maximum Gasteiger partial charge on any atom is 0.157 e. The lowest BCUT2D eigenvalue weighted by Crippen LogP contribution is -2.31. The maximum absolute atomic E-state index is 9.28. The quantitative estimate of drug-likeness (QED) is 0.703. The van der Waals surface area contributed by atoms with Gasteiger partial charge in [-0.05, 0) is 57.6 Å². The number of hydrogen-bond donors (Lipinski definition) is 1. The van der Waals surface area contributed by atoms with Crippen LogP contribution in [0.3, 0.4) is 0 Å². The number of likely N-dealkylation sites (N-methyl/N-ethyl adjacent to an activating group) is 1. The van der Waals surface area contributed by atoms with Gasteiger partial charge in [-0.15, -0.1) is 5.10 Å². The summed E-state index contributed by atoms with van der Waals surface area (Å²) in [6, 6.07) is 10.7. The van der Waals surface area contributed by atoms with Gasteiger partial charge in [0.1, 0.15) is 5.82 Å². The van der Waals surface area contributed by atoms with Crippen LogP contribution in [-0.2, 0) is 6.54 Å². The van der Waals surface area contributed by atoms with Gasteiger partial charge >= 0.3 is 0 Å². The SMILES string of the molecule is Cc1c(C#N)cccc1CNc1nnc(C)c2cnc(N3CCC(N(C)C)C3)cc12. The number of nitrogens with zero attached hydrogens (tertiary/aromatic N) is 6. The van der Waals surface area contributed by atoms with Crippen molar-refractivity contribution in [3.63, 3.8) is 0 Å². The van der Waals surface area contributed by atoms with Crippen LogP contribution >= 0.6 is 0 Å². The van der Waals surface area contributed by atoms with E-state index in [1.165, 1.54) is 0 Å². The van der Waals surface area contributed by atoms with Crippen molar-refractivity contribution < 1.29 is 0 Å². The highest BCUT2D eigenvalue weighted by Crippen LogP contribution is 2.28. The zero-order chi connectivity index (χ0) is 21.3. The minimum absolute atomic E-state index is 0.549. The summed E-state index contributed by atoms with van der Waals surface area (Å²) in [6.45, 7) is 6.50. The number of nitriles is 1. The molecule has 0 radical (unpaired) electrons. The van der Waals surface area contributed by atoms with E-state index in [-0.39, 0.29) is 0 Å². The molecule has 2 aromatic heterocycles. The zero-order valence-corrected chi connectivity index (χ0v) is 18.0. The first-order valence-electron chi connectivity index (χ1n) is 10.2. The van der Waals surface area contributed by atoms with E-state index in [1.54, 1.807) is 0 Å². The van der Waals surface area contributed by atoms with Gasteiger partial charge in [0, 0.05) is 42.6 Å². The average Bonchev–Trinajstić information content (AvgIpc) is 3.25. The Balaban J connectivity index is 1.64. The molecule has 1 aromatic carbocycles. The minimum Gasteiger partial charge on any atom is -0.364 e. The van der Waals surface area contributed by atoms with E-state index in [0.29, 0.717) is 18.2 Å². The van der Waals surface area contributed by atoms with E-state index in [2.05, 4.69) is 51.5 Å². The van der Waals surface area contributed by atoms with Crippen LogP contribution in [0.1, 0.15) is 28.8 Å². The molecule has 0 amide bonds. The van der Waals surface area contributed by atoms with Crippen molar-refractivity contribution in [3.05, 3.63) is 52.8 Å². The standard InChI is InChI=1S/C23H27N7/c1-15-17(11-24)6-5-7-18(15)12-26-23-20-10-22(25-13-21(20)16(2)27-28-23)30-9-8-19(14-30)29(3)4/h5-7,10,13,19H,8-9,12,14H2,1-4H3,(H,26,28). The van der Waals surface area contributed by atoms with E-state index >= 15 is 0 Å². The van der Waals surface area contributed by atoms with E-state index < -0.39 is 0 Å². The average molecular weight is 402 g/mol. The largest absolute Gasteiger partial charge is 0.364 e. The van der Waals surface area contributed by atoms with Crippen molar-refractivity contribution in [3.8, 4) is 6.07 Å². The van der Waals surface area contributed by atoms with Gasteiger partial charge in [0.25, 0.3) is 0 Å². The van der Waals surface area contributed by atoms with Crippen LogP contribution in [0, 0.1) is 25.2 Å². The highest BCUT2D eigenvalue weighted by atomic mass is 15.3. The molecule has 1 aliphatic heterocycles. The highest BCUT2D eigenvalue weighted by molar-refractivity contribution is 5.94. The number of hydrogen-bond acceptors (Lipinski definition) is 7. The predicted octanol–water partition coefficient (Wildman–Crippen LogP) is 3.27. The molecule has 4 rings (SSSR count). The van der Waals surface area contributed by atoms with Gasteiger partial charge in [0.05, 0.1) is 17.3 Å². The van der Waals surface area contributed by atoms with Crippen molar-refractivity contribution >= 4 is 22.4 Å². The summed E-state index contributed by atoms with van der Waals surface area (Å²) in [5.74, 6) is 1.72. The molecule has 3 aromatic rings. The maximum atomic E-state index is 9.28. The summed E-state index contributed by atoms with van der Waals surface area (Å²) in [7, 11) is 4.26. The van der Waals surface area contributed by atoms with Crippen LogP contribution in [0.5, 0.6) is 0 Å². The molecule has 3 heterocycles. The molecule has 30 heavy (non-hydrogen) atoms. The molecule has 1 N–H and O–H groups in total. The molecule has 0 spiro atoms. The molecule has 7 heteroatoms. The van der Waals surface area contributed by atoms with E-state index in [1.807, 2.05) is 38.2 Å². The summed E-state index contributed by atoms with van der Waals surface area (Å²) < 4.78 is 0. The Morgan fingerprint density at radius 3 is 2.80 bits per heavy atom. The van der Waals surface area contributed by atoms with Crippen molar-refractivity contribution in [2.45, 2.75) is 32.9 Å². The van der Waals surface area contributed by atoms with Crippen LogP contribution in [0.4, 0.5) is 11.6 Å². The Morgan fingerprint density at radius 1 is 1.23 bits per heavy atom. The van der Waals surface area contributed by atoms with Gasteiger partial charge in [0.2, 0.25) is 0 Å². The third-order valence-electron chi connectivity index (χ3n) is 6.06. The van der Waals surface area contributed by atoms with Crippen molar-refractivity contribution in [2.24, 2.45) is 0 Å². The molecule has 1 atom stereocenters. The molecule has 0 aliphatic carbocycles. The molecule has 154 valence electrons. The molecular weight excluding hydrogens is 374 g/mol. The first kappa shape index (κ1) is 20.0. The second-order valence-corrected chi connectivity index (χ2v) is 8.13. The molecular formula is C23H27N7. The summed E-state index contributed by atoms with van der Waals surface area (Å²) >= 11 is 0. The summed E-state index contributed by atoms with van der Waals surface area (Å²) in [5, 5.41) is 23.5. The van der Waals surface area contributed by atoms with Crippen molar-refractivity contribution in [2.75, 3.05) is 37.4 Å². The van der Waals surface area contributed by atoms with E-state index in [9.17, 15) is 5.26 Å². The highest BCUT2D eigenvalue weighted by Gasteiger charge is 2.25. The van der Waals surface area contributed by atoms with Crippen molar-refractivity contribution in [1.82, 2.24) is 20.1 Å². The number of aromatic nitrogens is 3. The van der Waals surface area contributed by atoms with Gasteiger partial charge in [-0.3, -0.25) is 0 Å². The Labute approximate surface area is 177 Å². The fourth-order valence-corrected chi connectivity index (χ4v) is 4.01. The van der Waals surface area contributed by atoms with Crippen LogP contribution in [0.15, 0.2) is 30.5 Å². The monoisotopic (exact) mass is 401 g/mol. The second-order valence-electron chi connectivity index (χ2n) is 8.13. The fraction of sp³-hybridized carbons (Fsp3) is 0.391. The van der Waals surface area contributed by atoms with Crippen LogP contribution in [0.2, 0.25) is 0 Å². The lowest BCUT2D eigenvalue weighted by molar-refractivity contribution is 0.315. The molecule has 7 nitrogen and oxygen atoms in total. The minimum atomic E-state index is 0.549. The number of pyridine rings is 1. The lowest BCUT2D eigenvalue weighted by atomic mass is 10.0.